The van der Waals surface area contributed by atoms with Crippen LogP contribution in [0.5, 0.6) is 0 Å². The van der Waals surface area contributed by atoms with Gasteiger partial charge in [0.2, 0.25) is 11.8 Å². The second kappa shape index (κ2) is 8.96. The number of nitro groups is 1. The number of pyridine rings is 1. The van der Waals surface area contributed by atoms with Crippen LogP contribution in [0, 0.1) is 10.1 Å². The summed E-state index contributed by atoms with van der Waals surface area (Å²) >= 11 is 5.48. The monoisotopic (exact) mass is 391 g/mol. The van der Waals surface area contributed by atoms with E-state index in [2.05, 4.69) is 4.99 Å². The Labute approximate surface area is 167 Å². The lowest BCUT2D eigenvalue weighted by molar-refractivity contribution is -0.691. The Bertz CT molecular complexity index is 990. The lowest BCUT2D eigenvalue weighted by Crippen LogP contribution is -2.47. The Morgan fingerprint density at radius 1 is 1.00 bits per heavy atom. The normalized spacial score (nSPS) is 12.4. The van der Waals surface area contributed by atoms with Gasteiger partial charge in [-0.15, -0.1) is 0 Å². The molecule has 0 amide bonds. The van der Waals surface area contributed by atoms with Crippen molar-refractivity contribution in [2.24, 2.45) is 4.99 Å². The lowest BCUT2D eigenvalue weighted by atomic mass is 10.0. The summed E-state index contributed by atoms with van der Waals surface area (Å²) in [5.41, 5.74) is 1.26. The molecule has 0 spiro atoms. The molecule has 1 atom stereocenters. The SMILES string of the molecule is O=C(c1ccc([N+](=O)[O-])cc1)C(C([S-])=NCc1ccccc1)[n+]1ccccc1. The van der Waals surface area contributed by atoms with Gasteiger partial charge in [0, 0.05) is 29.8 Å². The van der Waals surface area contributed by atoms with Crippen LogP contribution in [-0.4, -0.2) is 15.8 Å². The van der Waals surface area contributed by atoms with Gasteiger partial charge in [-0.05, 0) is 22.7 Å². The third-order valence-corrected chi connectivity index (χ3v) is 4.49. The van der Waals surface area contributed by atoms with Crippen molar-refractivity contribution < 1.29 is 14.3 Å². The van der Waals surface area contributed by atoms with E-state index in [1.165, 1.54) is 24.3 Å². The molecule has 3 aromatic rings. The largest absolute Gasteiger partial charge is 0.758 e. The van der Waals surface area contributed by atoms with E-state index >= 15 is 0 Å². The minimum atomic E-state index is -0.804. The number of non-ortho nitro benzene ring substituents is 1. The first-order valence-corrected chi connectivity index (χ1v) is 8.97. The quantitative estimate of drug-likeness (QED) is 0.118. The number of carbonyl (C=O) groups is 1. The molecule has 0 radical (unpaired) electrons. The molecule has 2 aromatic carbocycles. The number of carbonyl (C=O) groups excluding carboxylic acids is 1. The topological polar surface area (TPSA) is 76.4 Å². The Hall–Kier alpha value is -3.45. The van der Waals surface area contributed by atoms with Crippen molar-refractivity contribution in [2.45, 2.75) is 12.6 Å². The summed E-state index contributed by atoms with van der Waals surface area (Å²) in [7, 11) is 0. The van der Waals surface area contributed by atoms with Crippen LogP contribution in [0.3, 0.4) is 0 Å². The molecule has 0 aliphatic rings. The minimum Gasteiger partial charge on any atom is -0.758 e. The van der Waals surface area contributed by atoms with E-state index in [0.29, 0.717) is 12.1 Å². The molecule has 0 fully saturated rings. The Morgan fingerprint density at radius 2 is 1.61 bits per heavy atom. The second-order valence-electron chi connectivity index (χ2n) is 6.03. The first-order valence-electron chi connectivity index (χ1n) is 8.56. The molecule has 28 heavy (non-hydrogen) atoms. The van der Waals surface area contributed by atoms with Gasteiger partial charge in [0.1, 0.15) is 0 Å². The molecular formula is C21H17N3O3S. The number of hydrogen-bond acceptors (Lipinski definition) is 5. The summed E-state index contributed by atoms with van der Waals surface area (Å²) in [6.45, 7) is 0.372. The van der Waals surface area contributed by atoms with Crippen LogP contribution < -0.4 is 4.57 Å². The van der Waals surface area contributed by atoms with E-state index in [1.54, 1.807) is 29.1 Å². The zero-order chi connectivity index (χ0) is 19.9. The van der Waals surface area contributed by atoms with Crippen molar-refractivity contribution in [1.82, 2.24) is 0 Å². The first kappa shape index (κ1) is 19.3. The zero-order valence-corrected chi connectivity index (χ0v) is 15.7. The van der Waals surface area contributed by atoms with Gasteiger partial charge in [-0.25, -0.2) is 0 Å². The molecule has 1 heterocycles. The van der Waals surface area contributed by atoms with Crippen molar-refractivity contribution >= 4 is 29.1 Å². The smallest absolute Gasteiger partial charge is 0.269 e. The predicted octanol–water partition coefficient (Wildman–Crippen LogP) is 3.45. The predicted molar refractivity (Wildman–Crippen MR) is 108 cm³/mol. The summed E-state index contributed by atoms with van der Waals surface area (Å²) in [4.78, 5) is 27.9. The average molecular weight is 391 g/mol. The van der Waals surface area contributed by atoms with Crippen LogP contribution in [0.25, 0.3) is 0 Å². The van der Waals surface area contributed by atoms with Gasteiger partial charge < -0.3 is 17.6 Å². The van der Waals surface area contributed by atoms with E-state index in [1.807, 2.05) is 36.4 Å². The van der Waals surface area contributed by atoms with Gasteiger partial charge in [0.25, 0.3) is 5.69 Å². The highest BCUT2D eigenvalue weighted by Crippen LogP contribution is 2.17. The number of nitrogens with zero attached hydrogens (tertiary/aromatic N) is 3. The number of benzene rings is 2. The minimum absolute atomic E-state index is 0.0724. The molecule has 7 heteroatoms. The van der Waals surface area contributed by atoms with E-state index in [-0.39, 0.29) is 16.5 Å². The van der Waals surface area contributed by atoms with Crippen molar-refractivity contribution in [3.05, 3.63) is 106 Å². The van der Waals surface area contributed by atoms with Crippen molar-refractivity contribution in [1.29, 1.82) is 0 Å². The van der Waals surface area contributed by atoms with Gasteiger partial charge in [-0.1, -0.05) is 36.4 Å². The number of hydrogen-bond donors (Lipinski definition) is 0. The van der Waals surface area contributed by atoms with E-state index < -0.39 is 11.0 Å². The fourth-order valence-electron chi connectivity index (χ4n) is 2.70. The van der Waals surface area contributed by atoms with Crippen molar-refractivity contribution in [2.75, 3.05) is 0 Å². The Kier molecular flexibility index (Phi) is 6.18. The first-order chi connectivity index (χ1) is 13.6. The molecule has 3 rings (SSSR count). The molecule has 6 nitrogen and oxygen atoms in total. The maximum atomic E-state index is 13.1. The number of ketones is 1. The summed E-state index contributed by atoms with van der Waals surface area (Å²) in [5.74, 6) is -0.270. The van der Waals surface area contributed by atoms with Gasteiger partial charge in [-0.3, -0.25) is 14.9 Å². The second-order valence-corrected chi connectivity index (χ2v) is 6.45. The molecule has 0 saturated heterocycles. The Balaban J connectivity index is 1.92. The fraction of sp³-hybridized carbons (Fsp3) is 0.0952. The van der Waals surface area contributed by atoms with E-state index in [0.717, 1.165) is 5.56 Å². The van der Waals surface area contributed by atoms with Crippen LogP contribution in [0.4, 0.5) is 5.69 Å². The number of Topliss-reactive ketones (excluding diaryl/α,β-unsaturated/α-hetero) is 1. The highest BCUT2D eigenvalue weighted by atomic mass is 32.1. The van der Waals surface area contributed by atoms with Gasteiger partial charge in [0.05, 0.1) is 11.5 Å². The van der Waals surface area contributed by atoms with Crippen LogP contribution in [-0.2, 0) is 19.2 Å². The highest BCUT2D eigenvalue weighted by molar-refractivity contribution is 7.77. The van der Waals surface area contributed by atoms with E-state index in [9.17, 15) is 14.9 Å². The third kappa shape index (κ3) is 4.63. The number of aromatic nitrogens is 1. The van der Waals surface area contributed by atoms with Crippen molar-refractivity contribution in [3.63, 3.8) is 0 Å². The van der Waals surface area contributed by atoms with Gasteiger partial charge >= 0.3 is 0 Å². The molecule has 0 aliphatic heterocycles. The zero-order valence-electron chi connectivity index (χ0n) is 14.8. The maximum absolute atomic E-state index is 13.1. The molecule has 0 N–H and O–H groups in total. The molecule has 1 unspecified atom stereocenters. The molecule has 0 aliphatic carbocycles. The molecular weight excluding hydrogens is 374 g/mol. The van der Waals surface area contributed by atoms with Gasteiger partial charge in [0.15, 0.2) is 12.4 Å². The van der Waals surface area contributed by atoms with E-state index in [4.69, 9.17) is 12.6 Å². The van der Waals surface area contributed by atoms with Gasteiger partial charge in [-0.2, -0.15) is 4.57 Å². The molecule has 1 aromatic heterocycles. The summed E-state index contributed by atoms with van der Waals surface area (Å²) < 4.78 is 1.70. The van der Waals surface area contributed by atoms with Crippen LogP contribution in [0.15, 0.2) is 90.2 Å². The lowest BCUT2D eigenvalue weighted by Gasteiger charge is -2.18. The average Bonchev–Trinajstić information content (AvgIpc) is 2.74. The standard InChI is InChI=1S/C21H17N3O3S/c25-20(17-9-11-18(12-10-17)24(26)27)19(23-13-5-2-6-14-23)21(28)22-15-16-7-3-1-4-8-16/h1-14,19H,15H2. The third-order valence-electron chi connectivity index (χ3n) is 4.14. The Morgan fingerprint density at radius 3 is 2.21 bits per heavy atom. The fourth-order valence-corrected chi connectivity index (χ4v) is 3.00. The van der Waals surface area contributed by atoms with Crippen LogP contribution in [0.1, 0.15) is 22.0 Å². The van der Waals surface area contributed by atoms with Crippen LogP contribution in [0.2, 0.25) is 0 Å². The summed E-state index contributed by atoms with van der Waals surface area (Å²) in [5, 5.41) is 11.1. The maximum Gasteiger partial charge on any atom is 0.269 e. The highest BCUT2D eigenvalue weighted by Gasteiger charge is 2.28. The number of nitro benzene ring substituents is 1. The molecule has 0 bridgehead atoms. The number of rotatable bonds is 7. The summed E-state index contributed by atoms with van der Waals surface area (Å²) in [6, 6.07) is 19.8. The van der Waals surface area contributed by atoms with Crippen LogP contribution >= 0.6 is 0 Å². The molecule has 0 saturated carbocycles. The molecule has 140 valence electrons. The number of aliphatic imine (C=N–C) groups is 1. The van der Waals surface area contributed by atoms with Crippen molar-refractivity contribution in [3.8, 4) is 0 Å². The summed E-state index contributed by atoms with van der Waals surface area (Å²) in [6.07, 6.45) is 3.50.